The summed E-state index contributed by atoms with van der Waals surface area (Å²) in [7, 11) is -4.00. The highest BCUT2D eigenvalue weighted by Gasteiger charge is 2.25. The van der Waals surface area contributed by atoms with Crippen LogP contribution in [0.4, 0.5) is 0 Å². The van der Waals surface area contributed by atoms with Crippen molar-refractivity contribution >= 4 is 50.9 Å². The van der Waals surface area contributed by atoms with Gasteiger partial charge in [-0.25, -0.2) is 8.42 Å². The monoisotopic (exact) mass is 338 g/mol. The maximum atomic E-state index is 12.3. The van der Waals surface area contributed by atoms with E-state index >= 15 is 0 Å². The van der Waals surface area contributed by atoms with Crippen molar-refractivity contribution in [1.82, 2.24) is 0 Å². The average molecular weight is 340 g/mol. The molecule has 1 aromatic carbocycles. The molecule has 1 heterocycles. The zero-order valence-electron chi connectivity index (χ0n) is 9.06. The molecule has 100 valence electrons. The number of halogens is 3. The molecule has 0 aliphatic carbocycles. The highest BCUT2D eigenvalue weighted by Crippen LogP contribution is 2.34. The van der Waals surface area contributed by atoms with Crippen LogP contribution >= 0.6 is 34.8 Å². The van der Waals surface area contributed by atoms with E-state index in [1.165, 1.54) is 12.1 Å². The summed E-state index contributed by atoms with van der Waals surface area (Å²) in [5.74, 6) is -0.102. The lowest BCUT2D eigenvalue weighted by Crippen LogP contribution is -2.01. The Kier molecular flexibility index (Phi) is 3.92. The molecular weight excluding hydrogens is 335 g/mol. The van der Waals surface area contributed by atoms with Crippen molar-refractivity contribution in [1.29, 1.82) is 0 Å². The van der Waals surface area contributed by atoms with E-state index in [4.69, 9.17) is 39.2 Å². The number of carbonyl (C=O) groups excluding carboxylic acids is 1. The molecule has 0 atom stereocenters. The first-order valence-corrected chi connectivity index (χ1v) is 7.42. The summed E-state index contributed by atoms with van der Waals surface area (Å²) < 4.78 is 29.4. The summed E-state index contributed by atoms with van der Waals surface area (Å²) in [6.07, 6.45) is 0.398. The van der Waals surface area contributed by atoms with Gasteiger partial charge in [-0.3, -0.25) is 4.79 Å². The molecule has 1 aromatic heterocycles. The summed E-state index contributed by atoms with van der Waals surface area (Å²) in [6, 6.07) is 4.76. The molecule has 2 aromatic rings. The van der Waals surface area contributed by atoms with Crippen LogP contribution in [0.3, 0.4) is 0 Å². The van der Waals surface area contributed by atoms with Gasteiger partial charge in [0.05, 0.1) is 20.0 Å². The normalized spacial score (nSPS) is 11.5. The second-order valence-electron chi connectivity index (χ2n) is 3.47. The molecule has 0 spiro atoms. The van der Waals surface area contributed by atoms with Gasteiger partial charge in [0, 0.05) is 0 Å². The van der Waals surface area contributed by atoms with Crippen LogP contribution in [0.2, 0.25) is 15.1 Å². The molecule has 8 heteroatoms. The Morgan fingerprint density at radius 1 is 1.00 bits per heavy atom. The van der Waals surface area contributed by atoms with Crippen molar-refractivity contribution < 1.29 is 17.6 Å². The zero-order chi connectivity index (χ0) is 14.2. The smallest absolute Gasteiger partial charge is 0.241 e. The Bertz CT molecular complexity index is 749. The van der Waals surface area contributed by atoms with Crippen LogP contribution < -0.4 is 0 Å². The van der Waals surface area contributed by atoms with E-state index in [1.54, 1.807) is 0 Å². The van der Waals surface area contributed by atoms with Crippen molar-refractivity contribution in [2.45, 2.75) is 9.99 Å². The van der Waals surface area contributed by atoms with E-state index < -0.39 is 14.9 Å². The van der Waals surface area contributed by atoms with Crippen LogP contribution in [-0.2, 0) is 9.84 Å². The van der Waals surface area contributed by atoms with Crippen LogP contribution in [-0.4, -0.2) is 14.7 Å². The second-order valence-corrected chi connectivity index (χ2v) is 6.55. The van der Waals surface area contributed by atoms with Gasteiger partial charge in [0.1, 0.15) is 0 Å². The third-order valence-electron chi connectivity index (χ3n) is 2.25. The fourth-order valence-electron chi connectivity index (χ4n) is 1.36. The molecule has 0 radical (unpaired) electrons. The minimum absolute atomic E-state index is 0.0480. The van der Waals surface area contributed by atoms with Gasteiger partial charge in [0.15, 0.2) is 12.0 Å². The largest absolute Gasteiger partial charge is 0.441 e. The number of carbonyl (C=O) groups is 1. The zero-order valence-corrected chi connectivity index (χ0v) is 12.1. The first kappa shape index (κ1) is 14.4. The predicted molar refractivity (Wildman–Crippen MR) is 71.0 cm³/mol. The van der Waals surface area contributed by atoms with Gasteiger partial charge in [-0.2, -0.15) is 0 Å². The molecule has 0 aliphatic rings. The van der Waals surface area contributed by atoms with Gasteiger partial charge in [0.2, 0.25) is 14.9 Å². The number of aldehydes is 1. The van der Waals surface area contributed by atoms with Crippen molar-refractivity contribution in [3.63, 3.8) is 0 Å². The van der Waals surface area contributed by atoms with Gasteiger partial charge in [-0.1, -0.05) is 34.8 Å². The number of hydrogen-bond acceptors (Lipinski definition) is 4. The van der Waals surface area contributed by atoms with Crippen molar-refractivity contribution in [2.75, 3.05) is 0 Å². The third kappa shape index (κ3) is 2.65. The Labute approximate surface area is 123 Å². The lowest BCUT2D eigenvalue weighted by Gasteiger charge is -2.05. The lowest BCUT2D eigenvalue weighted by atomic mass is 10.4. The van der Waals surface area contributed by atoms with E-state index in [2.05, 4.69) is 0 Å². The number of furan rings is 1. The van der Waals surface area contributed by atoms with Gasteiger partial charge in [0.25, 0.3) is 0 Å². The predicted octanol–water partition coefficient (Wildman–Crippen LogP) is 3.89. The van der Waals surface area contributed by atoms with Crippen LogP contribution in [0.25, 0.3) is 0 Å². The van der Waals surface area contributed by atoms with Gasteiger partial charge >= 0.3 is 0 Å². The van der Waals surface area contributed by atoms with Crippen LogP contribution in [0.5, 0.6) is 0 Å². The maximum absolute atomic E-state index is 12.3. The Hall–Kier alpha value is -1.01. The van der Waals surface area contributed by atoms with E-state index in [0.717, 1.165) is 12.1 Å². The number of sulfone groups is 1. The highest BCUT2D eigenvalue weighted by atomic mass is 35.5. The number of hydrogen-bond donors (Lipinski definition) is 0. The van der Waals surface area contributed by atoms with Gasteiger partial charge in [-0.15, -0.1) is 0 Å². The number of benzene rings is 1. The topological polar surface area (TPSA) is 64.3 Å². The Morgan fingerprint density at radius 3 is 2.21 bits per heavy atom. The Balaban J connectivity index is 2.62. The molecule has 0 bridgehead atoms. The fraction of sp³-hybridized carbons (Fsp3) is 0. The van der Waals surface area contributed by atoms with Crippen LogP contribution in [0.1, 0.15) is 10.6 Å². The van der Waals surface area contributed by atoms with Crippen molar-refractivity contribution in [2.24, 2.45) is 0 Å². The minimum Gasteiger partial charge on any atom is -0.441 e. The number of rotatable bonds is 3. The fourth-order valence-corrected chi connectivity index (χ4v) is 3.54. The maximum Gasteiger partial charge on any atom is 0.241 e. The highest BCUT2D eigenvalue weighted by molar-refractivity contribution is 7.91. The van der Waals surface area contributed by atoms with Gasteiger partial charge in [-0.05, 0) is 24.3 Å². The van der Waals surface area contributed by atoms with E-state index in [9.17, 15) is 13.2 Å². The van der Waals surface area contributed by atoms with E-state index in [0.29, 0.717) is 6.29 Å². The van der Waals surface area contributed by atoms with Crippen molar-refractivity contribution in [3.8, 4) is 0 Å². The van der Waals surface area contributed by atoms with Crippen LogP contribution in [0, 0.1) is 0 Å². The summed E-state index contributed by atoms with van der Waals surface area (Å²) in [5, 5.41) is -0.293. The molecule has 0 saturated carbocycles. The molecule has 2 rings (SSSR count). The quantitative estimate of drug-likeness (QED) is 0.628. The average Bonchev–Trinajstić information content (AvgIpc) is 2.83. The SMILES string of the molecule is O=Cc1ccc(S(=O)(=O)c2cc(Cl)c(Cl)cc2Cl)o1. The lowest BCUT2D eigenvalue weighted by molar-refractivity contribution is 0.109. The molecule has 0 aliphatic heterocycles. The summed E-state index contributed by atoms with van der Waals surface area (Å²) in [5.41, 5.74) is 0. The third-order valence-corrected chi connectivity index (χ3v) is 5.06. The molecular formula is C11H5Cl3O4S. The van der Waals surface area contributed by atoms with E-state index in [1.807, 2.05) is 0 Å². The molecule has 0 fully saturated rings. The second kappa shape index (κ2) is 5.17. The first-order chi connectivity index (χ1) is 8.86. The molecule has 0 saturated heterocycles. The van der Waals surface area contributed by atoms with E-state index in [-0.39, 0.29) is 25.7 Å². The first-order valence-electron chi connectivity index (χ1n) is 4.81. The molecule has 0 unspecified atom stereocenters. The standard InChI is InChI=1S/C11H5Cl3O4S/c12-7-3-9(14)10(4-8(7)13)19(16,17)11-2-1-6(5-15)18-11/h1-5H. The summed E-state index contributed by atoms with van der Waals surface area (Å²) in [4.78, 5) is 10.3. The molecule has 0 N–H and O–H groups in total. The molecule has 0 amide bonds. The summed E-state index contributed by atoms with van der Waals surface area (Å²) >= 11 is 17.3. The molecule has 19 heavy (non-hydrogen) atoms. The van der Waals surface area contributed by atoms with Gasteiger partial charge < -0.3 is 4.42 Å². The molecule has 4 nitrogen and oxygen atoms in total. The van der Waals surface area contributed by atoms with Crippen LogP contribution in [0.15, 0.2) is 38.7 Å². The Morgan fingerprint density at radius 2 is 1.63 bits per heavy atom. The minimum atomic E-state index is -4.00. The summed E-state index contributed by atoms with van der Waals surface area (Å²) in [6.45, 7) is 0. The van der Waals surface area contributed by atoms with Crippen molar-refractivity contribution in [3.05, 3.63) is 45.1 Å².